The largest absolute Gasteiger partial charge is 0.399 e. The van der Waals surface area contributed by atoms with Gasteiger partial charge < -0.3 is 11.5 Å². The zero-order valence-corrected chi connectivity index (χ0v) is 8.57. The summed E-state index contributed by atoms with van der Waals surface area (Å²) in [7, 11) is 0. The van der Waals surface area contributed by atoms with Crippen molar-refractivity contribution in [3.05, 3.63) is 35.5 Å². The molecule has 0 aliphatic carbocycles. The van der Waals surface area contributed by atoms with Gasteiger partial charge in [0.05, 0.1) is 0 Å². The highest BCUT2D eigenvalue weighted by atomic mass is 35.5. The third-order valence-corrected chi connectivity index (χ3v) is 2.05. The molecule has 1 heterocycles. The van der Waals surface area contributed by atoms with Crippen molar-refractivity contribution in [1.82, 2.24) is 9.97 Å². The van der Waals surface area contributed by atoms with Crippen molar-refractivity contribution in [2.24, 2.45) is 0 Å². The van der Waals surface area contributed by atoms with Crippen LogP contribution >= 0.6 is 11.6 Å². The number of nitrogens with zero attached hydrogens (tertiary/aromatic N) is 2. The summed E-state index contributed by atoms with van der Waals surface area (Å²) in [5.74, 6) is 0.819. The van der Waals surface area contributed by atoms with Crippen LogP contribution in [0, 0.1) is 0 Å². The van der Waals surface area contributed by atoms with Gasteiger partial charge >= 0.3 is 0 Å². The second-order valence-corrected chi connectivity index (χ2v) is 3.45. The van der Waals surface area contributed by atoms with Crippen molar-refractivity contribution in [2.75, 3.05) is 11.5 Å². The Bertz CT molecular complexity index is 478. The minimum absolute atomic E-state index is 0.319. The molecule has 2 aromatic rings. The number of rotatable bonds is 1. The lowest BCUT2D eigenvalue weighted by molar-refractivity contribution is 1.18. The highest BCUT2D eigenvalue weighted by Crippen LogP contribution is 2.20. The van der Waals surface area contributed by atoms with Gasteiger partial charge in [0, 0.05) is 17.3 Å². The average Bonchev–Trinajstić information content (AvgIpc) is 2.16. The van der Waals surface area contributed by atoms with E-state index >= 15 is 0 Å². The van der Waals surface area contributed by atoms with E-state index in [1.165, 1.54) is 6.07 Å². The van der Waals surface area contributed by atoms with Crippen molar-refractivity contribution in [3.8, 4) is 11.4 Å². The number of hydrogen-bond donors (Lipinski definition) is 2. The Hall–Kier alpha value is -1.81. The number of nitrogens with two attached hydrogens (primary N) is 2. The lowest BCUT2D eigenvalue weighted by Gasteiger charge is -2.02. The Morgan fingerprint density at radius 1 is 1.07 bits per heavy atom. The fourth-order valence-corrected chi connectivity index (χ4v) is 1.43. The minimum Gasteiger partial charge on any atom is -0.399 e. The molecule has 0 atom stereocenters. The maximum atomic E-state index is 5.78. The molecule has 0 spiro atoms. The Balaban J connectivity index is 2.54. The summed E-state index contributed by atoms with van der Waals surface area (Å²) < 4.78 is 0. The summed E-state index contributed by atoms with van der Waals surface area (Å²) in [4.78, 5) is 8.14. The molecule has 4 nitrogen and oxygen atoms in total. The van der Waals surface area contributed by atoms with E-state index in [4.69, 9.17) is 23.1 Å². The summed E-state index contributed by atoms with van der Waals surface area (Å²) in [6, 6.07) is 8.73. The second kappa shape index (κ2) is 3.74. The molecule has 0 amide bonds. The Morgan fingerprint density at radius 3 is 2.53 bits per heavy atom. The smallest absolute Gasteiger partial charge is 0.163 e. The summed E-state index contributed by atoms with van der Waals surface area (Å²) in [6.45, 7) is 0. The van der Waals surface area contributed by atoms with E-state index in [0.29, 0.717) is 22.5 Å². The van der Waals surface area contributed by atoms with E-state index in [1.54, 1.807) is 12.1 Å². The van der Waals surface area contributed by atoms with Crippen molar-refractivity contribution < 1.29 is 0 Å². The fourth-order valence-electron chi connectivity index (χ4n) is 1.24. The Morgan fingerprint density at radius 2 is 1.87 bits per heavy atom. The summed E-state index contributed by atoms with van der Waals surface area (Å²) in [5.41, 5.74) is 12.7. The van der Waals surface area contributed by atoms with Crippen LogP contribution in [0.3, 0.4) is 0 Å². The normalized spacial score (nSPS) is 10.2. The van der Waals surface area contributed by atoms with E-state index < -0.39 is 0 Å². The number of halogens is 1. The molecule has 0 saturated heterocycles. The molecule has 15 heavy (non-hydrogen) atoms. The standard InChI is InChI=1S/C10H9ClN4/c11-8-5-9(13)15-10(14-8)6-2-1-3-7(12)4-6/h1-5H,12H2,(H2,13,14,15). The van der Waals surface area contributed by atoms with Crippen LogP contribution in [-0.2, 0) is 0 Å². The second-order valence-electron chi connectivity index (χ2n) is 3.06. The lowest BCUT2D eigenvalue weighted by atomic mass is 10.2. The number of nitrogen functional groups attached to an aromatic ring is 2. The van der Waals surface area contributed by atoms with Gasteiger partial charge in [-0.05, 0) is 12.1 Å². The zero-order chi connectivity index (χ0) is 10.8. The third kappa shape index (κ3) is 2.16. The van der Waals surface area contributed by atoms with Gasteiger partial charge in [-0.1, -0.05) is 23.7 Å². The molecular formula is C10H9ClN4. The van der Waals surface area contributed by atoms with Crippen molar-refractivity contribution in [1.29, 1.82) is 0 Å². The molecule has 4 N–H and O–H groups in total. The van der Waals surface area contributed by atoms with Crippen molar-refractivity contribution >= 4 is 23.1 Å². The molecule has 0 unspecified atom stereocenters. The molecule has 1 aromatic heterocycles. The van der Waals surface area contributed by atoms with Crippen LogP contribution in [0.4, 0.5) is 11.5 Å². The number of anilines is 2. The summed E-state index contributed by atoms with van der Waals surface area (Å²) in [5, 5.41) is 0.319. The Kier molecular flexibility index (Phi) is 2.43. The maximum Gasteiger partial charge on any atom is 0.163 e. The summed E-state index contributed by atoms with van der Waals surface area (Å²) >= 11 is 5.78. The van der Waals surface area contributed by atoms with Crippen LogP contribution < -0.4 is 11.5 Å². The van der Waals surface area contributed by atoms with Crippen LogP contribution in [-0.4, -0.2) is 9.97 Å². The predicted octanol–water partition coefficient (Wildman–Crippen LogP) is 1.96. The topological polar surface area (TPSA) is 77.8 Å². The molecule has 0 saturated carbocycles. The Labute approximate surface area is 91.9 Å². The van der Waals surface area contributed by atoms with E-state index in [1.807, 2.05) is 12.1 Å². The molecule has 0 fully saturated rings. The molecule has 0 aliphatic heterocycles. The van der Waals surface area contributed by atoms with Gasteiger partial charge in [-0.15, -0.1) is 0 Å². The SMILES string of the molecule is Nc1cccc(-c2nc(N)cc(Cl)n2)c1. The van der Waals surface area contributed by atoms with Gasteiger partial charge in [0.25, 0.3) is 0 Å². The van der Waals surface area contributed by atoms with Gasteiger partial charge in [0.2, 0.25) is 0 Å². The quantitative estimate of drug-likeness (QED) is 0.569. The van der Waals surface area contributed by atoms with Crippen LogP contribution in [0.5, 0.6) is 0 Å². The molecular weight excluding hydrogens is 212 g/mol. The highest BCUT2D eigenvalue weighted by Gasteiger charge is 2.04. The van der Waals surface area contributed by atoms with Crippen LogP contribution in [0.1, 0.15) is 0 Å². The number of aromatic nitrogens is 2. The van der Waals surface area contributed by atoms with Gasteiger partial charge in [-0.25, -0.2) is 9.97 Å². The van der Waals surface area contributed by atoms with E-state index in [2.05, 4.69) is 9.97 Å². The fraction of sp³-hybridized carbons (Fsp3) is 0. The van der Waals surface area contributed by atoms with E-state index in [0.717, 1.165) is 5.56 Å². The van der Waals surface area contributed by atoms with E-state index in [-0.39, 0.29) is 0 Å². The molecule has 76 valence electrons. The molecule has 0 radical (unpaired) electrons. The maximum absolute atomic E-state index is 5.78. The third-order valence-electron chi connectivity index (χ3n) is 1.86. The van der Waals surface area contributed by atoms with Gasteiger partial charge in [0.1, 0.15) is 11.0 Å². The monoisotopic (exact) mass is 220 g/mol. The molecule has 2 rings (SSSR count). The average molecular weight is 221 g/mol. The van der Waals surface area contributed by atoms with Gasteiger partial charge in [-0.2, -0.15) is 0 Å². The minimum atomic E-state index is 0.319. The molecule has 5 heteroatoms. The first-order valence-corrected chi connectivity index (χ1v) is 4.69. The first-order valence-electron chi connectivity index (χ1n) is 4.31. The molecule has 1 aromatic carbocycles. The lowest BCUT2D eigenvalue weighted by Crippen LogP contribution is -1.96. The number of hydrogen-bond acceptors (Lipinski definition) is 4. The molecule has 0 bridgehead atoms. The molecule has 0 aliphatic rings. The van der Waals surface area contributed by atoms with E-state index in [9.17, 15) is 0 Å². The van der Waals surface area contributed by atoms with Crippen LogP contribution in [0.2, 0.25) is 5.15 Å². The van der Waals surface area contributed by atoms with Crippen molar-refractivity contribution in [3.63, 3.8) is 0 Å². The van der Waals surface area contributed by atoms with Crippen LogP contribution in [0.15, 0.2) is 30.3 Å². The van der Waals surface area contributed by atoms with Crippen molar-refractivity contribution in [2.45, 2.75) is 0 Å². The number of benzene rings is 1. The van der Waals surface area contributed by atoms with Gasteiger partial charge in [0.15, 0.2) is 5.82 Å². The highest BCUT2D eigenvalue weighted by molar-refractivity contribution is 6.29. The predicted molar refractivity (Wildman–Crippen MR) is 61.3 cm³/mol. The summed E-state index contributed by atoms with van der Waals surface area (Å²) in [6.07, 6.45) is 0. The van der Waals surface area contributed by atoms with Gasteiger partial charge in [-0.3, -0.25) is 0 Å². The first-order chi connectivity index (χ1) is 7.15. The zero-order valence-electron chi connectivity index (χ0n) is 7.81. The van der Waals surface area contributed by atoms with Crippen LogP contribution in [0.25, 0.3) is 11.4 Å². The first kappa shape index (κ1) is 9.73.